The van der Waals surface area contributed by atoms with Gasteiger partial charge in [-0.1, -0.05) is 24.3 Å². The minimum absolute atomic E-state index is 0.0773. The number of hydrogen-bond donors (Lipinski definition) is 0. The zero-order chi connectivity index (χ0) is 28.3. The van der Waals surface area contributed by atoms with Gasteiger partial charge in [-0.25, -0.2) is 12.8 Å². The number of ether oxygens (including phenoxy) is 1. The van der Waals surface area contributed by atoms with Crippen molar-refractivity contribution in [3.8, 4) is 0 Å². The van der Waals surface area contributed by atoms with E-state index in [9.17, 15) is 27.2 Å². The first kappa shape index (κ1) is 27.5. The second kappa shape index (κ2) is 11.6. The van der Waals surface area contributed by atoms with E-state index in [-0.39, 0.29) is 42.6 Å². The van der Waals surface area contributed by atoms with Gasteiger partial charge in [0.1, 0.15) is 5.82 Å². The number of sulfonamides is 1. The number of fused-ring (bicyclic) bond motifs is 1. The molecule has 1 fully saturated rings. The molecule has 1 unspecified atom stereocenters. The number of furan rings is 1. The molecule has 1 atom stereocenters. The Labute approximate surface area is 231 Å². The molecular weight excluding hydrogens is 541 g/mol. The Bertz CT molecular complexity index is 1480. The summed E-state index contributed by atoms with van der Waals surface area (Å²) < 4.78 is 52.1. The molecule has 2 aromatic carbocycles. The van der Waals surface area contributed by atoms with Gasteiger partial charge in [-0.2, -0.15) is 4.31 Å². The van der Waals surface area contributed by atoms with Gasteiger partial charge in [-0.05, 0) is 53.9 Å². The lowest BCUT2D eigenvalue weighted by molar-refractivity contribution is -0.153. The van der Waals surface area contributed by atoms with Crippen molar-refractivity contribution in [2.75, 3.05) is 39.3 Å². The molecule has 210 valence electrons. The third kappa shape index (κ3) is 5.77. The number of nitrogens with zero attached hydrogens (tertiary/aromatic N) is 3. The van der Waals surface area contributed by atoms with Crippen molar-refractivity contribution < 1.29 is 36.3 Å². The molecule has 5 rings (SSSR count). The second-order valence-corrected chi connectivity index (χ2v) is 11.4. The molecule has 0 aliphatic carbocycles. The van der Waals surface area contributed by atoms with Crippen LogP contribution in [0.1, 0.15) is 34.1 Å². The highest BCUT2D eigenvalue weighted by atomic mass is 32.2. The number of carbonyl (C=O) groups excluding carboxylic acids is 3. The van der Waals surface area contributed by atoms with Crippen molar-refractivity contribution in [3.05, 3.63) is 89.6 Å². The summed E-state index contributed by atoms with van der Waals surface area (Å²) in [6.45, 7) is 0.826. The fourth-order valence-corrected chi connectivity index (χ4v) is 6.64. The van der Waals surface area contributed by atoms with Gasteiger partial charge in [0.2, 0.25) is 10.0 Å². The highest BCUT2D eigenvalue weighted by Gasteiger charge is 2.38. The maximum Gasteiger partial charge on any atom is 0.308 e. The van der Waals surface area contributed by atoms with Crippen LogP contribution in [0.3, 0.4) is 0 Å². The lowest BCUT2D eigenvalue weighted by Gasteiger charge is -2.36. The van der Waals surface area contributed by atoms with Crippen molar-refractivity contribution in [2.24, 2.45) is 0 Å². The van der Waals surface area contributed by atoms with Crippen molar-refractivity contribution in [3.63, 3.8) is 0 Å². The Morgan fingerprint density at radius 1 is 0.900 bits per heavy atom. The van der Waals surface area contributed by atoms with E-state index in [1.165, 1.54) is 27.6 Å². The van der Waals surface area contributed by atoms with Crippen LogP contribution in [0.2, 0.25) is 0 Å². The van der Waals surface area contributed by atoms with Gasteiger partial charge in [0.15, 0.2) is 12.4 Å². The van der Waals surface area contributed by atoms with Crippen LogP contribution >= 0.6 is 0 Å². The summed E-state index contributed by atoms with van der Waals surface area (Å²) in [6.07, 6.45) is 1.58. The lowest BCUT2D eigenvalue weighted by Crippen LogP contribution is -2.51. The predicted molar refractivity (Wildman–Crippen MR) is 140 cm³/mol. The first-order chi connectivity index (χ1) is 19.2. The molecule has 2 aliphatic rings. The van der Waals surface area contributed by atoms with Crippen molar-refractivity contribution in [1.29, 1.82) is 0 Å². The topological polar surface area (TPSA) is 117 Å². The fourth-order valence-electron chi connectivity index (χ4n) is 5.04. The number of esters is 1. The lowest BCUT2D eigenvalue weighted by atomic mass is 9.92. The van der Waals surface area contributed by atoms with Gasteiger partial charge < -0.3 is 19.0 Å². The molecule has 0 N–H and O–H groups in total. The number of hydrogen-bond acceptors (Lipinski definition) is 7. The predicted octanol–water partition coefficient (Wildman–Crippen LogP) is 2.62. The van der Waals surface area contributed by atoms with Gasteiger partial charge in [-0.3, -0.25) is 14.4 Å². The monoisotopic (exact) mass is 569 g/mol. The molecule has 2 aliphatic heterocycles. The summed E-state index contributed by atoms with van der Waals surface area (Å²) in [5.41, 5.74) is 1.60. The zero-order valence-electron chi connectivity index (χ0n) is 21.6. The SMILES string of the molecule is O=C(CC1c2ccccc2CCN1S(=O)(=O)c1ccc(F)cc1)OCC(=O)N1CCN(C(=O)c2ccco2)CC1. The summed E-state index contributed by atoms with van der Waals surface area (Å²) >= 11 is 0. The average molecular weight is 570 g/mol. The summed E-state index contributed by atoms with van der Waals surface area (Å²) in [6, 6.07) is 14.2. The summed E-state index contributed by atoms with van der Waals surface area (Å²) in [4.78, 5) is 41.1. The minimum atomic E-state index is -4.05. The van der Waals surface area contributed by atoms with Crippen molar-refractivity contribution >= 4 is 27.8 Å². The number of halogens is 1. The number of amides is 2. The summed E-state index contributed by atoms with van der Waals surface area (Å²) in [7, 11) is -4.05. The Balaban J connectivity index is 1.22. The molecule has 3 heterocycles. The van der Waals surface area contributed by atoms with Crippen LogP contribution in [0.15, 0.2) is 76.2 Å². The highest BCUT2D eigenvalue weighted by molar-refractivity contribution is 7.89. The smallest absolute Gasteiger partial charge is 0.308 e. The molecule has 2 amide bonds. The van der Waals surface area contributed by atoms with Crippen LogP contribution in [-0.2, 0) is 30.8 Å². The van der Waals surface area contributed by atoms with Crippen LogP contribution in [0, 0.1) is 5.82 Å². The summed E-state index contributed by atoms with van der Waals surface area (Å²) in [5.74, 6) is -1.71. The molecule has 10 nitrogen and oxygen atoms in total. The zero-order valence-corrected chi connectivity index (χ0v) is 22.4. The molecule has 3 aromatic rings. The average Bonchev–Trinajstić information content (AvgIpc) is 3.51. The molecule has 0 radical (unpaired) electrons. The third-order valence-corrected chi connectivity index (χ3v) is 9.07. The number of rotatable bonds is 7. The van der Waals surface area contributed by atoms with Crippen LogP contribution in [0.5, 0.6) is 0 Å². The van der Waals surface area contributed by atoms with Crippen LogP contribution in [-0.4, -0.2) is 79.6 Å². The second-order valence-electron chi connectivity index (χ2n) is 9.55. The maximum atomic E-state index is 13.5. The van der Waals surface area contributed by atoms with E-state index in [4.69, 9.17) is 9.15 Å². The van der Waals surface area contributed by atoms with Gasteiger partial charge in [-0.15, -0.1) is 0 Å². The Kier molecular flexibility index (Phi) is 7.99. The van der Waals surface area contributed by atoms with E-state index < -0.39 is 40.4 Å². The normalized spacial score (nSPS) is 17.8. The quantitative estimate of drug-likeness (QED) is 0.402. The summed E-state index contributed by atoms with van der Waals surface area (Å²) in [5, 5.41) is 0. The largest absolute Gasteiger partial charge is 0.459 e. The van der Waals surface area contributed by atoms with Crippen molar-refractivity contribution in [1.82, 2.24) is 14.1 Å². The Morgan fingerprint density at radius 3 is 2.30 bits per heavy atom. The van der Waals surface area contributed by atoms with E-state index in [1.54, 1.807) is 29.2 Å². The molecular formula is C28H28FN3O7S. The highest BCUT2D eigenvalue weighted by Crippen LogP contribution is 2.36. The van der Waals surface area contributed by atoms with Gasteiger partial charge in [0.25, 0.3) is 11.8 Å². The van der Waals surface area contributed by atoms with Gasteiger partial charge >= 0.3 is 5.97 Å². The molecule has 1 saturated heterocycles. The molecule has 12 heteroatoms. The Hall–Kier alpha value is -4.03. The third-order valence-electron chi connectivity index (χ3n) is 7.15. The van der Waals surface area contributed by atoms with E-state index >= 15 is 0 Å². The molecule has 40 heavy (non-hydrogen) atoms. The van der Waals surface area contributed by atoms with Crippen molar-refractivity contribution in [2.45, 2.75) is 23.8 Å². The maximum absolute atomic E-state index is 13.5. The first-order valence-electron chi connectivity index (χ1n) is 12.9. The number of benzene rings is 2. The van der Waals surface area contributed by atoms with Crippen LogP contribution < -0.4 is 0 Å². The van der Waals surface area contributed by atoms with E-state index in [1.807, 2.05) is 12.1 Å². The van der Waals surface area contributed by atoms with Crippen LogP contribution in [0.25, 0.3) is 0 Å². The van der Waals surface area contributed by atoms with E-state index in [0.29, 0.717) is 25.1 Å². The minimum Gasteiger partial charge on any atom is -0.459 e. The van der Waals surface area contributed by atoms with E-state index in [0.717, 1.165) is 17.7 Å². The van der Waals surface area contributed by atoms with Gasteiger partial charge in [0.05, 0.1) is 23.6 Å². The fraction of sp³-hybridized carbons (Fsp3) is 0.321. The molecule has 1 aromatic heterocycles. The molecule has 0 spiro atoms. The Morgan fingerprint density at radius 2 is 1.60 bits per heavy atom. The van der Waals surface area contributed by atoms with Crippen LogP contribution in [0.4, 0.5) is 4.39 Å². The molecule has 0 saturated carbocycles. The first-order valence-corrected chi connectivity index (χ1v) is 14.3. The van der Waals surface area contributed by atoms with Gasteiger partial charge in [0, 0.05) is 32.7 Å². The number of carbonyl (C=O) groups is 3. The standard InChI is InChI=1S/C28H28FN3O7S/c29-21-7-9-22(10-8-21)40(36,37)32-12-11-20-4-1-2-5-23(20)24(32)18-27(34)39-19-26(33)30-13-15-31(16-14-30)28(35)25-6-3-17-38-25/h1-10,17,24H,11-16,18-19H2. The number of piperazine rings is 1. The molecule has 0 bridgehead atoms. The van der Waals surface area contributed by atoms with E-state index in [2.05, 4.69) is 0 Å².